The number of nitrogens with zero attached hydrogens (tertiary/aromatic N) is 3. The molecule has 0 N–H and O–H groups in total. The maximum absolute atomic E-state index is 12.3. The van der Waals surface area contributed by atoms with Crippen LogP contribution in [-0.2, 0) is 4.79 Å². The zero-order valence-corrected chi connectivity index (χ0v) is 12.2. The van der Waals surface area contributed by atoms with E-state index >= 15 is 0 Å². The molecule has 0 saturated carbocycles. The lowest BCUT2D eigenvalue weighted by Gasteiger charge is -2.41. The van der Waals surface area contributed by atoms with Crippen LogP contribution in [0.25, 0.3) is 0 Å². The normalized spacial score (nSPS) is 24.4. The minimum Gasteiger partial charge on any atom is -0.341 e. The third-order valence-electron chi connectivity index (χ3n) is 4.74. The number of hydrogen-bond donors (Lipinski definition) is 0. The van der Waals surface area contributed by atoms with Crippen LogP contribution in [0, 0.1) is 0 Å². The van der Waals surface area contributed by atoms with Crippen LogP contribution in [0.3, 0.4) is 0 Å². The van der Waals surface area contributed by atoms with Gasteiger partial charge in [-0.05, 0) is 44.1 Å². The first-order valence-corrected chi connectivity index (χ1v) is 7.62. The fraction of sp³-hybridized carbons (Fsp3) is 0.625. The van der Waals surface area contributed by atoms with E-state index in [9.17, 15) is 4.79 Å². The average Bonchev–Trinajstić information content (AvgIpc) is 2.41. The van der Waals surface area contributed by atoms with Crippen LogP contribution in [0.1, 0.15) is 37.2 Å². The van der Waals surface area contributed by atoms with Gasteiger partial charge >= 0.3 is 0 Å². The summed E-state index contributed by atoms with van der Waals surface area (Å²) in [4.78, 5) is 20.7. The number of rotatable bonds is 3. The summed E-state index contributed by atoms with van der Waals surface area (Å²) in [5.41, 5.74) is 1.30. The van der Waals surface area contributed by atoms with Crippen LogP contribution in [0.2, 0.25) is 0 Å². The number of hydrogen-bond acceptors (Lipinski definition) is 3. The van der Waals surface area contributed by atoms with Gasteiger partial charge in [0.1, 0.15) is 0 Å². The third kappa shape index (κ3) is 2.85. The van der Waals surface area contributed by atoms with Crippen LogP contribution in [0.4, 0.5) is 0 Å². The minimum absolute atomic E-state index is 0.328. The molecule has 2 aliphatic heterocycles. The van der Waals surface area contributed by atoms with Gasteiger partial charge in [-0.15, -0.1) is 0 Å². The van der Waals surface area contributed by atoms with E-state index < -0.39 is 0 Å². The van der Waals surface area contributed by atoms with Crippen molar-refractivity contribution in [3.05, 3.63) is 30.1 Å². The van der Waals surface area contributed by atoms with E-state index in [2.05, 4.69) is 29.1 Å². The highest BCUT2D eigenvalue weighted by molar-refractivity contribution is 5.78. The Kier molecular flexibility index (Phi) is 4.01. The number of likely N-dealkylation sites (tertiary alicyclic amines) is 2. The van der Waals surface area contributed by atoms with Crippen LogP contribution in [-0.4, -0.2) is 53.4 Å². The summed E-state index contributed by atoms with van der Waals surface area (Å²) in [6.07, 6.45) is 8.06. The number of aromatic nitrogens is 1. The Balaban J connectivity index is 1.48. The lowest BCUT2D eigenvalue weighted by Crippen LogP contribution is -2.50. The second-order valence-electron chi connectivity index (χ2n) is 6.11. The molecule has 0 radical (unpaired) electrons. The highest BCUT2D eigenvalue weighted by atomic mass is 16.2. The Morgan fingerprint density at radius 1 is 1.30 bits per heavy atom. The maximum atomic E-state index is 12.3. The first-order chi connectivity index (χ1) is 9.74. The monoisotopic (exact) mass is 273 g/mol. The van der Waals surface area contributed by atoms with Crippen LogP contribution < -0.4 is 0 Å². The number of pyridine rings is 1. The molecule has 1 atom stereocenters. The summed E-state index contributed by atoms with van der Waals surface area (Å²) >= 11 is 0. The summed E-state index contributed by atoms with van der Waals surface area (Å²) < 4.78 is 0. The van der Waals surface area contributed by atoms with Gasteiger partial charge in [-0.3, -0.25) is 9.78 Å². The largest absolute Gasteiger partial charge is 0.341 e. The lowest BCUT2D eigenvalue weighted by atomic mass is 9.91. The van der Waals surface area contributed by atoms with E-state index in [0.29, 0.717) is 24.3 Å². The second-order valence-corrected chi connectivity index (χ2v) is 6.11. The van der Waals surface area contributed by atoms with Crippen molar-refractivity contribution < 1.29 is 4.79 Å². The van der Waals surface area contributed by atoms with E-state index in [4.69, 9.17) is 0 Å². The molecule has 2 fully saturated rings. The van der Waals surface area contributed by atoms with Crippen molar-refractivity contribution in [2.24, 2.45) is 0 Å². The SMILES string of the molecule is CN1CCCC[C@@H]1CC(=O)N1CC(c2ccncc2)C1. The number of carbonyl (C=O) groups is 1. The molecule has 20 heavy (non-hydrogen) atoms. The van der Waals surface area contributed by atoms with E-state index in [1.165, 1.54) is 24.8 Å². The Morgan fingerprint density at radius 3 is 2.75 bits per heavy atom. The van der Waals surface area contributed by atoms with Gasteiger partial charge in [-0.2, -0.15) is 0 Å². The van der Waals surface area contributed by atoms with Gasteiger partial charge in [0.25, 0.3) is 0 Å². The molecule has 4 heteroatoms. The van der Waals surface area contributed by atoms with Gasteiger partial charge in [-0.1, -0.05) is 6.42 Å². The Hall–Kier alpha value is -1.42. The molecule has 4 nitrogen and oxygen atoms in total. The average molecular weight is 273 g/mol. The molecule has 0 unspecified atom stereocenters. The Morgan fingerprint density at radius 2 is 2.05 bits per heavy atom. The summed E-state index contributed by atoms with van der Waals surface area (Å²) in [6, 6.07) is 4.57. The van der Waals surface area contributed by atoms with Crippen molar-refractivity contribution in [2.45, 2.75) is 37.6 Å². The number of piperidine rings is 1. The van der Waals surface area contributed by atoms with E-state index in [-0.39, 0.29) is 0 Å². The molecule has 2 saturated heterocycles. The topological polar surface area (TPSA) is 36.4 Å². The Labute approximate surface area is 120 Å². The molecule has 108 valence electrons. The van der Waals surface area contributed by atoms with Crippen molar-refractivity contribution in [3.8, 4) is 0 Å². The molecule has 0 bridgehead atoms. The first kappa shape index (κ1) is 13.6. The molecule has 0 aromatic carbocycles. The Bertz CT molecular complexity index is 456. The second kappa shape index (κ2) is 5.92. The van der Waals surface area contributed by atoms with Crippen molar-refractivity contribution in [1.82, 2.24) is 14.8 Å². The van der Waals surface area contributed by atoms with Gasteiger partial charge in [0.05, 0.1) is 0 Å². The lowest BCUT2D eigenvalue weighted by molar-refractivity contribution is -0.137. The predicted molar refractivity (Wildman–Crippen MR) is 78.4 cm³/mol. The molecular formula is C16H23N3O. The molecule has 3 rings (SSSR count). The number of carbonyl (C=O) groups excluding carboxylic acids is 1. The molecule has 1 aromatic rings. The van der Waals surface area contributed by atoms with Crippen molar-refractivity contribution in [3.63, 3.8) is 0 Å². The molecule has 0 aliphatic carbocycles. The van der Waals surface area contributed by atoms with E-state index in [1.807, 2.05) is 17.3 Å². The predicted octanol–water partition coefficient (Wildman–Crippen LogP) is 1.88. The zero-order valence-electron chi connectivity index (χ0n) is 12.2. The van der Waals surface area contributed by atoms with Gasteiger partial charge in [-0.25, -0.2) is 0 Å². The van der Waals surface area contributed by atoms with E-state index in [1.54, 1.807) is 0 Å². The molecular weight excluding hydrogens is 250 g/mol. The highest BCUT2D eigenvalue weighted by Crippen LogP contribution is 2.28. The van der Waals surface area contributed by atoms with Gasteiger partial charge in [0, 0.05) is 43.9 Å². The van der Waals surface area contributed by atoms with Crippen molar-refractivity contribution in [1.29, 1.82) is 0 Å². The minimum atomic E-state index is 0.328. The summed E-state index contributed by atoms with van der Waals surface area (Å²) in [5.74, 6) is 0.833. The summed E-state index contributed by atoms with van der Waals surface area (Å²) in [6.45, 7) is 2.89. The fourth-order valence-corrected chi connectivity index (χ4v) is 3.26. The van der Waals surface area contributed by atoms with E-state index in [0.717, 1.165) is 19.6 Å². The van der Waals surface area contributed by atoms with Gasteiger partial charge in [0.2, 0.25) is 5.91 Å². The standard InChI is InChI=1S/C16H23N3O/c1-18-9-3-2-4-15(18)10-16(20)19-11-14(12-19)13-5-7-17-8-6-13/h5-8,14-15H,2-4,9-12H2,1H3/t15-/m1/s1. The summed E-state index contributed by atoms with van der Waals surface area (Å²) in [7, 11) is 2.15. The van der Waals surface area contributed by atoms with Gasteiger partial charge < -0.3 is 9.80 Å². The first-order valence-electron chi connectivity index (χ1n) is 7.62. The fourth-order valence-electron chi connectivity index (χ4n) is 3.26. The van der Waals surface area contributed by atoms with Crippen LogP contribution in [0.15, 0.2) is 24.5 Å². The van der Waals surface area contributed by atoms with Crippen LogP contribution in [0.5, 0.6) is 0 Å². The maximum Gasteiger partial charge on any atom is 0.224 e. The molecule has 2 aliphatic rings. The van der Waals surface area contributed by atoms with Crippen molar-refractivity contribution in [2.75, 3.05) is 26.7 Å². The quantitative estimate of drug-likeness (QED) is 0.843. The van der Waals surface area contributed by atoms with Gasteiger partial charge in [0.15, 0.2) is 0 Å². The summed E-state index contributed by atoms with van der Waals surface area (Å²) in [5, 5.41) is 0. The number of amides is 1. The van der Waals surface area contributed by atoms with Crippen molar-refractivity contribution >= 4 is 5.91 Å². The molecule has 1 amide bonds. The molecule has 0 spiro atoms. The highest BCUT2D eigenvalue weighted by Gasteiger charge is 2.33. The van der Waals surface area contributed by atoms with Crippen LogP contribution >= 0.6 is 0 Å². The smallest absolute Gasteiger partial charge is 0.224 e. The molecule has 3 heterocycles. The zero-order chi connectivity index (χ0) is 13.9. The molecule has 1 aromatic heterocycles. The third-order valence-corrected chi connectivity index (χ3v) is 4.74.